The highest BCUT2D eigenvalue weighted by Gasteiger charge is 2.62. The number of imide groups is 1. The van der Waals surface area contributed by atoms with Crippen LogP contribution in [0.5, 0.6) is 5.75 Å². The summed E-state index contributed by atoms with van der Waals surface area (Å²) in [5.74, 6) is -1.03. The van der Waals surface area contributed by atoms with E-state index in [1.165, 1.54) is 12.0 Å². The molecule has 168 valence electrons. The highest BCUT2D eigenvalue weighted by Crippen LogP contribution is 2.59. The number of rotatable bonds is 4. The van der Waals surface area contributed by atoms with Crippen molar-refractivity contribution in [2.45, 2.75) is 0 Å². The molecular formula is C29H22ClNO3. The van der Waals surface area contributed by atoms with Crippen LogP contribution in [0.3, 0.4) is 0 Å². The van der Waals surface area contributed by atoms with Crippen molar-refractivity contribution in [3.63, 3.8) is 0 Å². The van der Waals surface area contributed by atoms with Crippen LogP contribution in [0, 0.1) is 23.7 Å². The molecule has 1 heterocycles. The molecule has 0 unspecified atom stereocenters. The summed E-state index contributed by atoms with van der Waals surface area (Å²) in [5.41, 5.74) is 4.87. The third-order valence-corrected chi connectivity index (χ3v) is 7.45. The summed E-state index contributed by atoms with van der Waals surface area (Å²) >= 11 is 6.21. The van der Waals surface area contributed by atoms with E-state index in [0.29, 0.717) is 16.5 Å². The van der Waals surface area contributed by atoms with Crippen LogP contribution in [0.2, 0.25) is 5.02 Å². The molecule has 34 heavy (non-hydrogen) atoms. The standard InChI is InChI=1S/C29H22ClNO3/c1-34-23-15-12-19(30)16-22(23)31-28(32)26-20-13-14-21(27(26)29(31)33)25(20)24(17-8-4-2-5-9-17)18-10-6-3-7-11-18/h2-16,20-21,26-27H,1H3/t20-,21+,26+,27-. The van der Waals surface area contributed by atoms with Crippen LogP contribution < -0.4 is 9.64 Å². The van der Waals surface area contributed by atoms with E-state index in [0.717, 1.165) is 22.3 Å². The second kappa shape index (κ2) is 8.00. The van der Waals surface area contributed by atoms with Gasteiger partial charge in [0.1, 0.15) is 5.75 Å². The summed E-state index contributed by atoms with van der Waals surface area (Å²) < 4.78 is 5.45. The molecule has 0 aromatic heterocycles. The normalized spacial score (nSPS) is 24.6. The van der Waals surface area contributed by atoms with Gasteiger partial charge in [-0.25, -0.2) is 4.90 Å². The van der Waals surface area contributed by atoms with Crippen LogP contribution in [-0.2, 0) is 9.59 Å². The molecule has 5 heteroatoms. The average molecular weight is 468 g/mol. The fourth-order valence-electron chi connectivity index (χ4n) is 5.88. The van der Waals surface area contributed by atoms with E-state index in [-0.39, 0.29) is 23.7 Å². The number of carbonyl (C=O) groups is 2. The molecule has 0 spiro atoms. The van der Waals surface area contributed by atoms with Gasteiger partial charge in [-0.3, -0.25) is 9.59 Å². The fourth-order valence-corrected chi connectivity index (χ4v) is 6.05. The first-order valence-electron chi connectivity index (χ1n) is 11.3. The summed E-state index contributed by atoms with van der Waals surface area (Å²) in [7, 11) is 1.52. The van der Waals surface area contributed by atoms with Gasteiger partial charge in [0.2, 0.25) is 11.8 Å². The van der Waals surface area contributed by atoms with Gasteiger partial charge < -0.3 is 4.74 Å². The molecule has 2 bridgehead atoms. The Morgan fingerprint density at radius 2 is 1.32 bits per heavy atom. The third kappa shape index (κ3) is 2.99. The van der Waals surface area contributed by atoms with Crippen molar-refractivity contribution in [3.8, 4) is 5.75 Å². The maximum absolute atomic E-state index is 13.8. The number of allylic oxidation sites excluding steroid dienone is 3. The minimum absolute atomic E-state index is 0.128. The maximum atomic E-state index is 13.8. The van der Waals surface area contributed by atoms with Gasteiger partial charge in [0.25, 0.3) is 0 Å². The van der Waals surface area contributed by atoms with Crippen LogP contribution in [-0.4, -0.2) is 18.9 Å². The van der Waals surface area contributed by atoms with E-state index in [9.17, 15) is 9.59 Å². The van der Waals surface area contributed by atoms with Crippen LogP contribution in [0.4, 0.5) is 5.69 Å². The minimum Gasteiger partial charge on any atom is -0.495 e. The number of methoxy groups -OCH3 is 1. The molecule has 0 N–H and O–H groups in total. The Hall–Kier alpha value is -3.63. The maximum Gasteiger partial charge on any atom is 0.238 e. The Morgan fingerprint density at radius 1 is 0.794 bits per heavy atom. The lowest BCUT2D eigenvalue weighted by molar-refractivity contribution is -0.123. The molecule has 2 fully saturated rings. The van der Waals surface area contributed by atoms with Crippen molar-refractivity contribution < 1.29 is 14.3 Å². The Labute approximate surface area is 203 Å². The number of hydrogen-bond acceptors (Lipinski definition) is 3. The van der Waals surface area contributed by atoms with Gasteiger partial charge in [0.15, 0.2) is 0 Å². The number of amides is 2. The lowest BCUT2D eigenvalue weighted by Crippen LogP contribution is -2.33. The third-order valence-electron chi connectivity index (χ3n) is 7.21. The summed E-state index contributed by atoms with van der Waals surface area (Å²) in [6.07, 6.45) is 4.22. The fraction of sp³-hybridized carbons (Fsp3) is 0.172. The molecule has 3 aromatic carbocycles. The predicted octanol–water partition coefficient (Wildman–Crippen LogP) is 5.77. The lowest BCUT2D eigenvalue weighted by atomic mass is 9.85. The average Bonchev–Trinajstić information content (AvgIpc) is 3.50. The van der Waals surface area contributed by atoms with Crippen molar-refractivity contribution >= 4 is 34.7 Å². The van der Waals surface area contributed by atoms with E-state index in [4.69, 9.17) is 16.3 Å². The molecule has 4 nitrogen and oxygen atoms in total. The molecule has 2 aliphatic carbocycles. The van der Waals surface area contributed by atoms with Gasteiger partial charge in [0, 0.05) is 16.9 Å². The van der Waals surface area contributed by atoms with Crippen molar-refractivity contribution in [2.75, 3.05) is 12.0 Å². The van der Waals surface area contributed by atoms with Gasteiger partial charge in [-0.05, 0) is 40.5 Å². The highest BCUT2D eigenvalue weighted by molar-refractivity contribution is 6.31. The van der Waals surface area contributed by atoms with Crippen molar-refractivity contribution in [2.24, 2.45) is 23.7 Å². The smallest absolute Gasteiger partial charge is 0.238 e. The Bertz CT molecular complexity index is 1290. The first kappa shape index (κ1) is 20.9. The second-order valence-corrected chi connectivity index (χ2v) is 9.31. The molecule has 1 aliphatic heterocycles. The summed E-state index contributed by atoms with van der Waals surface area (Å²) in [5, 5.41) is 0.450. The van der Waals surface area contributed by atoms with Gasteiger partial charge in [-0.1, -0.05) is 84.4 Å². The van der Waals surface area contributed by atoms with Crippen molar-refractivity contribution in [1.82, 2.24) is 0 Å². The van der Waals surface area contributed by atoms with Gasteiger partial charge in [0.05, 0.1) is 24.6 Å². The zero-order valence-electron chi connectivity index (χ0n) is 18.5. The molecule has 0 radical (unpaired) electrons. The minimum atomic E-state index is -0.427. The van der Waals surface area contributed by atoms with E-state index in [1.807, 2.05) is 36.4 Å². The van der Waals surface area contributed by atoms with Crippen LogP contribution >= 0.6 is 11.6 Å². The topological polar surface area (TPSA) is 46.6 Å². The van der Waals surface area contributed by atoms with Crippen LogP contribution in [0.15, 0.2) is 96.6 Å². The lowest BCUT2D eigenvalue weighted by Gasteiger charge is -2.22. The van der Waals surface area contributed by atoms with E-state index >= 15 is 0 Å². The van der Waals surface area contributed by atoms with Crippen LogP contribution in [0.25, 0.3) is 5.57 Å². The SMILES string of the molecule is COc1ccc(Cl)cc1N1C(=O)[C@@H]2[C@H](C1=O)[C@H]1C=C[C@@H]2C1=C(c1ccccc1)c1ccccc1. The van der Waals surface area contributed by atoms with Crippen molar-refractivity contribution in [3.05, 3.63) is 113 Å². The number of fused-ring (bicyclic) bond motifs is 5. The summed E-state index contributed by atoms with van der Waals surface area (Å²) in [6.45, 7) is 0. The van der Waals surface area contributed by atoms with E-state index < -0.39 is 11.8 Å². The second-order valence-electron chi connectivity index (χ2n) is 8.88. The Balaban J connectivity index is 1.49. The van der Waals surface area contributed by atoms with E-state index in [2.05, 4.69) is 36.4 Å². The van der Waals surface area contributed by atoms with Gasteiger partial charge in [-0.2, -0.15) is 0 Å². The highest BCUT2D eigenvalue weighted by atomic mass is 35.5. The first-order valence-corrected chi connectivity index (χ1v) is 11.7. The number of anilines is 1. The summed E-state index contributed by atoms with van der Waals surface area (Å²) in [6, 6.07) is 25.5. The molecular weight excluding hydrogens is 446 g/mol. The molecule has 4 atom stereocenters. The molecule has 1 saturated heterocycles. The van der Waals surface area contributed by atoms with Crippen molar-refractivity contribution in [1.29, 1.82) is 0 Å². The molecule has 6 rings (SSSR count). The monoisotopic (exact) mass is 467 g/mol. The number of halogens is 1. The summed E-state index contributed by atoms with van der Waals surface area (Å²) in [4.78, 5) is 28.8. The number of nitrogens with zero attached hydrogens (tertiary/aromatic N) is 1. The number of ether oxygens (including phenoxy) is 1. The quantitative estimate of drug-likeness (QED) is 0.361. The van der Waals surface area contributed by atoms with Gasteiger partial charge in [-0.15, -0.1) is 0 Å². The zero-order valence-corrected chi connectivity index (χ0v) is 19.3. The molecule has 2 amide bonds. The number of hydrogen-bond donors (Lipinski definition) is 0. The van der Waals surface area contributed by atoms with E-state index in [1.54, 1.807) is 18.2 Å². The zero-order chi connectivity index (χ0) is 23.4. The first-order chi connectivity index (χ1) is 16.6. The molecule has 3 aromatic rings. The Morgan fingerprint density at radius 3 is 1.82 bits per heavy atom. The number of benzene rings is 3. The van der Waals surface area contributed by atoms with Crippen LogP contribution in [0.1, 0.15) is 11.1 Å². The largest absolute Gasteiger partial charge is 0.495 e. The van der Waals surface area contributed by atoms with Gasteiger partial charge >= 0.3 is 0 Å². The number of carbonyl (C=O) groups excluding carboxylic acids is 2. The Kier molecular flexibility index (Phi) is 4.93. The molecule has 3 aliphatic rings. The predicted molar refractivity (Wildman–Crippen MR) is 133 cm³/mol. The molecule has 1 saturated carbocycles.